The average Bonchev–Trinajstić information content (AvgIpc) is 3.00. The summed E-state index contributed by atoms with van der Waals surface area (Å²) in [5.41, 5.74) is 1.23. The van der Waals surface area contributed by atoms with E-state index in [4.69, 9.17) is 0 Å². The highest BCUT2D eigenvalue weighted by Crippen LogP contribution is 2.33. The zero-order valence-electron chi connectivity index (χ0n) is 15.0. The van der Waals surface area contributed by atoms with Crippen molar-refractivity contribution < 1.29 is 4.79 Å². The van der Waals surface area contributed by atoms with Crippen molar-refractivity contribution in [3.63, 3.8) is 0 Å². The summed E-state index contributed by atoms with van der Waals surface area (Å²) in [6, 6.07) is 0.329. The zero-order valence-corrected chi connectivity index (χ0v) is 16.6. The van der Waals surface area contributed by atoms with Crippen molar-refractivity contribution in [2.75, 3.05) is 19.6 Å². The molecule has 8 heteroatoms. The molecular weight excluding hydrogens is 372 g/mol. The quantitative estimate of drug-likeness (QED) is 0.861. The number of hydrogen-bond donors (Lipinski definition) is 1. The molecule has 1 fully saturated rings. The summed E-state index contributed by atoms with van der Waals surface area (Å²) < 4.78 is 1.62. The fourth-order valence-corrected chi connectivity index (χ4v) is 5.09. The van der Waals surface area contributed by atoms with E-state index in [9.17, 15) is 9.59 Å². The highest BCUT2D eigenvalue weighted by atomic mass is 35.5. The molecule has 1 aliphatic carbocycles. The van der Waals surface area contributed by atoms with E-state index in [2.05, 4.69) is 17.2 Å². The second-order valence-electron chi connectivity index (χ2n) is 7.08. The number of rotatable bonds is 3. The van der Waals surface area contributed by atoms with Crippen molar-refractivity contribution >= 4 is 39.9 Å². The van der Waals surface area contributed by atoms with Crippen LogP contribution in [0, 0.1) is 0 Å². The van der Waals surface area contributed by atoms with Gasteiger partial charge >= 0.3 is 0 Å². The molecule has 1 amide bonds. The first-order chi connectivity index (χ1) is 12.1. The molecule has 0 spiro atoms. The van der Waals surface area contributed by atoms with E-state index in [1.165, 1.54) is 16.9 Å². The van der Waals surface area contributed by atoms with Crippen LogP contribution in [0.25, 0.3) is 10.2 Å². The number of nitrogens with zero attached hydrogens (tertiary/aromatic N) is 3. The fourth-order valence-electron chi connectivity index (χ4n) is 3.87. The SMILES string of the molecule is CC1CN(C(=O)CCn2cnc3sc4c(c3c2=O)CCCC4)CCN1.Cl. The highest BCUT2D eigenvalue weighted by molar-refractivity contribution is 7.18. The third-order valence-corrected chi connectivity index (χ3v) is 6.43. The van der Waals surface area contributed by atoms with Crippen molar-refractivity contribution in [2.24, 2.45) is 0 Å². The minimum Gasteiger partial charge on any atom is -0.340 e. The third kappa shape index (κ3) is 3.66. The predicted molar refractivity (Wildman–Crippen MR) is 106 cm³/mol. The Kier molecular flexibility index (Phi) is 5.99. The van der Waals surface area contributed by atoms with Crippen molar-refractivity contribution in [1.82, 2.24) is 19.8 Å². The first kappa shape index (κ1) is 19.3. The molecule has 142 valence electrons. The van der Waals surface area contributed by atoms with Gasteiger partial charge in [-0.15, -0.1) is 23.7 Å². The smallest absolute Gasteiger partial charge is 0.262 e. The number of carbonyl (C=O) groups is 1. The van der Waals surface area contributed by atoms with E-state index >= 15 is 0 Å². The molecule has 1 aliphatic heterocycles. The Bertz CT molecular complexity index is 863. The van der Waals surface area contributed by atoms with E-state index in [0.717, 1.165) is 49.1 Å². The maximum atomic E-state index is 12.9. The third-order valence-electron chi connectivity index (χ3n) is 5.23. The predicted octanol–water partition coefficient (Wildman–Crippen LogP) is 1.97. The molecular formula is C18H25ClN4O2S. The summed E-state index contributed by atoms with van der Waals surface area (Å²) in [6.07, 6.45) is 6.36. The van der Waals surface area contributed by atoms with Gasteiger partial charge in [0.2, 0.25) is 5.91 Å². The van der Waals surface area contributed by atoms with E-state index < -0.39 is 0 Å². The number of aryl methyl sites for hydroxylation is 3. The van der Waals surface area contributed by atoms with Gasteiger partial charge in [0.15, 0.2) is 0 Å². The summed E-state index contributed by atoms with van der Waals surface area (Å²) in [4.78, 5) is 33.9. The van der Waals surface area contributed by atoms with Crippen LogP contribution in [0.15, 0.2) is 11.1 Å². The molecule has 0 bridgehead atoms. The number of carbonyl (C=O) groups excluding carboxylic acids is 1. The van der Waals surface area contributed by atoms with Gasteiger partial charge in [0.05, 0.1) is 11.7 Å². The van der Waals surface area contributed by atoms with Crippen molar-refractivity contribution in [2.45, 2.75) is 51.6 Å². The fraction of sp³-hybridized carbons (Fsp3) is 0.611. The van der Waals surface area contributed by atoms with E-state index in [1.807, 2.05) is 4.90 Å². The second-order valence-corrected chi connectivity index (χ2v) is 8.16. The molecule has 1 unspecified atom stereocenters. The lowest BCUT2D eigenvalue weighted by atomic mass is 9.97. The van der Waals surface area contributed by atoms with Gasteiger partial charge in [-0.3, -0.25) is 14.2 Å². The summed E-state index contributed by atoms with van der Waals surface area (Å²) in [5.74, 6) is 0.118. The molecule has 0 radical (unpaired) electrons. The molecule has 0 saturated carbocycles. The van der Waals surface area contributed by atoms with Gasteiger partial charge in [-0.2, -0.15) is 0 Å². The maximum Gasteiger partial charge on any atom is 0.262 e. The van der Waals surface area contributed by atoms with Gasteiger partial charge in [0.25, 0.3) is 5.56 Å². The van der Waals surface area contributed by atoms with Crippen LogP contribution in [0.4, 0.5) is 0 Å². The van der Waals surface area contributed by atoms with Crippen LogP contribution in [0.3, 0.4) is 0 Å². The first-order valence-electron chi connectivity index (χ1n) is 9.14. The van der Waals surface area contributed by atoms with Crippen molar-refractivity contribution in [3.8, 4) is 0 Å². The van der Waals surface area contributed by atoms with Crippen LogP contribution in [-0.2, 0) is 24.2 Å². The Morgan fingerprint density at radius 1 is 1.38 bits per heavy atom. The van der Waals surface area contributed by atoms with Gasteiger partial charge in [-0.05, 0) is 38.2 Å². The topological polar surface area (TPSA) is 67.2 Å². The van der Waals surface area contributed by atoms with Crippen LogP contribution < -0.4 is 10.9 Å². The molecule has 0 aromatic carbocycles. The number of fused-ring (bicyclic) bond motifs is 3. The normalized spacial score (nSPS) is 19.9. The number of piperazine rings is 1. The lowest BCUT2D eigenvalue weighted by Crippen LogP contribution is -2.51. The number of nitrogens with one attached hydrogen (secondary N) is 1. The minimum atomic E-state index is 0. The molecule has 26 heavy (non-hydrogen) atoms. The number of aromatic nitrogens is 2. The number of hydrogen-bond acceptors (Lipinski definition) is 5. The van der Waals surface area contributed by atoms with Crippen LogP contribution in [-0.4, -0.2) is 46.0 Å². The molecule has 1 atom stereocenters. The van der Waals surface area contributed by atoms with Gasteiger partial charge in [0.1, 0.15) is 4.83 Å². The van der Waals surface area contributed by atoms with Gasteiger partial charge in [0, 0.05) is 43.5 Å². The lowest BCUT2D eigenvalue weighted by Gasteiger charge is -2.32. The van der Waals surface area contributed by atoms with Crippen LogP contribution >= 0.6 is 23.7 Å². The Morgan fingerprint density at radius 2 is 2.19 bits per heavy atom. The Morgan fingerprint density at radius 3 is 3.00 bits per heavy atom. The van der Waals surface area contributed by atoms with Crippen LogP contribution in [0.5, 0.6) is 0 Å². The lowest BCUT2D eigenvalue weighted by molar-refractivity contribution is -0.132. The standard InChI is InChI=1S/C18H24N4O2S.ClH/c1-12-10-21(9-7-19-12)15(23)6-8-22-11-20-17-16(18(22)24)13-4-2-3-5-14(13)25-17;/h11-12,19H,2-10H2,1H3;1H. The largest absolute Gasteiger partial charge is 0.340 e. The number of halogens is 1. The molecule has 4 rings (SSSR count). The maximum absolute atomic E-state index is 12.9. The van der Waals surface area contributed by atoms with E-state index in [0.29, 0.717) is 19.0 Å². The Balaban J connectivity index is 0.00000196. The first-order valence-corrected chi connectivity index (χ1v) is 9.96. The molecule has 2 aromatic heterocycles. The molecule has 6 nitrogen and oxygen atoms in total. The molecule has 1 N–H and O–H groups in total. The van der Waals surface area contributed by atoms with Crippen molar-refractivity contribution in [3.05, 3.63) is 27.1 Å². The highest BCUT2D eigenvalue weighted by Gasteiger charge is 2.22. The van der Waals surface area contributed by atoms with Gasteiger partial charge in [-0.1, -0.05) is 0 Å². The van der Waals surface area contributed by atoms with Crippen LogP contribution in [0.1, 0.15) is 36.6 Å². The monoisotopic (exact) mass is 396 g/mol. The van der Waals surface area contributed by atoms with E-state index in [1.54, 1.807) is 22.2 Å². The van der Waals surface area contributed by atoms with Crippen molar-refractivity contribution in [1.29, 1.82) is 0 Å². The van der Waals surface area contributed by atoms with Gasteiger partial charge < -0.3 is 10.2 Å². The summed E-state index contributed by atoms with van der Waals surface area (Å²) >= 11 is 1.66. The molecule has 3 heterocycles. The number of thiophene rings is 1. The zero-order chi connectivity index (χ0) is 17.4. The summed E-state index contributed by atoms with van der Waals surface area (Å²) in [6.45, 7) is 4.81. The molecule has 2 aliphatic rings. The summed E-state index contributed by atoms with van der Waals surface area (Å²) in [7, 11) is 0. The average molecular weight is 397 g/mol. The summed E-state index contributed by atoms with van der Waals surface area (Å²) in [5, 5.41) is 4.13. The Hall–Kier alpha value is -1.44. The van der Waals surface area contributed by atoms with Gasteiger partial charge in [-0.25, -0.2) is 4.98 Å². The second kappa shape index (κ2) is 8.06. The van der Waals surface area contributed by atoms with Crippen LogP contribution in [0.2, 0.25) is 0 Å². The molecule has 2 aromatic rings. The Labute approximate surface area is 163 Å². The minimum absolute atomic E-state index is 0. The molecule has 1 saturated heterocycles. The number of amides is 1. The van der Waals surface area contributed by atoms with E-state index in [-0.39, 0.29) is 23.9 Å².